The molecule has 0 aliphatic heterocycles. The minimum atomic E-state index is -0.301. The number of amides is 2. The van der Waals surface area contributed by atoms with E-state index in [2.05, 4.69) is 5.32 Å². The molecule has 2 rings (SSSR count). The van der Waals surface area contributed by atoms with Gasteiger partial charge in [-0.25, -0.2) is 9.18 Å². The average Bonchev–Trinajstić information content (AvgIpc) is 2.60. The summed E-state index contributed by atoms with van der Waals surface area (Å²) >= 11 is 0. The summed E-state index contributed by atoms with van der Waals surface area (Å²) in [5, 5.41) is 11.7. The molecule has 24 heavy (non-hydrogen) atoms. The predicted molar refractivity (Wildman–Crippen MR) is 89.1 cm³/mol. The number of urea groups is 1. The van der Waals surface area contributed by atoms with E-state index >= 15 is 0 Å². The van der Waals surface area contributed by atoms with E-state index < -0.39 is 0 Å². The van der Waals surface area contributed by atoms with Gasteiger partial charge in [-0.1, -0.05) is 30.3 Å². The van der Waals surface area contributed by atoms with Crippen LogP contribution in [0.3, 0.4) is 0 Å². The second kappa shape index (κ2) is 8.88. The van der Waals surface area contributed by atoms with Gasteiger partial charge < -0.3 is 20.1 Å². The van der Waals surface area contributed by atoms with Crippen molar-refractivity contribution in [2.75, 3.05) is 20.3 Å². The van der Waals surface area contributed by atoms with Crippen LogP contribution in [0.4, 0.5) is 9.18 Å². The van der Waals surface area contributed by atoms with Crippen LogP contribution in [0.2, 0.25) is 0 Å². The maximum Gasteiger partial charge on any atom is 0.317 e. The molecule has 0 fully saturated rings. The Morgan fingerprint density at radius 3 is 2.62 bits per heavy atom. The van der Waals surface area contributed by atoms with Crippen molar-refractivity contribution in [2.24, 2.45) is 0 Å². The molecule has 5 nitrogen and oxygen atoms in total. The zero-order valence-electron chi connectivity index (χ0n) is 13.5. The summed E-state index contributed by atoms with van der Waals surface area (Å²) in [4.78, 5) is 13.7. The number of aliphatic hydroxyl groups excluding tert-OH is 1. The number of para-hydroxylation sites is 1. The van der Waals surface area contributed by atoms with Crippen LogP contribution >= 0.6 is 0 Å². The molecule has 2 aromatic rings. The van der Waals surface area contributed by atoms with Gasteiger partial charge in [0.2, 0.25) is 0 Å². The molecule has 0 aromatic heterocycles. The first-order chi connectivity index (χ1) is 11.6. The van der Waals surface area contributed by atoms with E-state index in [4.69, 9.17) is 9.84 Å². The number of halogens is 1. The van der Waals surface area contributed by atoms with Crippen molar-refractivity contribution in [3.8, 4) is 5.75 Å². The van der Waals surface area contributed by atoms with Crippen molar-refractivity contribution in [3.63, 3.8) is 0 Å². The van der Waals surface area contributed by atoms with E-state index in [0.29, 0.717) is 18.8 Å². The molecule has 2 amide bonds. The van der Waals surface area contributed by atoms with E-state index in [1.54, 1.807) is 25.2 Å². The van der Waals surface area contributed by atoms with Crippen molar-refractivity contribution in [2.45, 2.75) is 13.1 Å². The summed E-state index contributed by atoms with van der Waals surface area (Å²) in [6.45, 7) is 0.833. The molecule has 128 valence electrons. The van der Waals surface area contributed by atoms with Gasteiger partial charge in [0, 0.05) is 25.7 Å². The van der Waals surface area contributed by atoms with Gasteiger partial charge >= 0.3 is 6.03 Å². The highest BCUT2D eigenvalue weighted by Crippen LogP contribution is 2.17. The summed E-state index contributed by atoms with van der Waals surface area (Å²) < 4.78 is 18.3. The number of nitrogens with zero attached hydrogens (tertiary/aromatic N) is 1. The number of ether oxygens (including phenoxy) is 1. The quantitative estimate of drug-likeness (QED) is 0.819. The third kappa shape index (κ3) is 5.24. The molecular weight excluding hydrogens is 311 g/mol. The van der Waals surface area contributed by atoms with Crippen molar-refractivity contribution in [3.05, 3.63) is 65.5 Å². The number of benzene rings is 2. The third-order valence-corrected chi connectivity index (χ3v) is 3.43. The Morgan fingerprint density at radius 1 is 1.21 bits per heavy atom. The van der Waals surface area contributed by atoms with Crippen LogP contribution in [-0.4, -0.2) is 36.3 Å². The van der Waals surface area contributed by atoms with Crippen LogP contribution in [0, 0.1) is 5.82 Å². The van der Waals surface area contributed by atoms with Crippen LogP contribution < -0.4 is 10.1 Å². The second-order valence-electron chi connectivity index (χ2n) is 5.32. The number of carbonyl (C=O) groups excluding carboxylic acids is 1. The lowest BCUT2D eigenvalue weighted by molar-refractivity contribution is 0.198. The molecule has 6 heteroatoms. The van der Waals surface area contributed by atoms with E-state index in [0.717, 1.165) is 11.1 Å². The highest BCUT2D eigenvalue weighted by atomic mass is 19.1. The predicted octanol–water partition coefficient (Wildman–Crippen LogP) is 2.54. The van der Waals surface area contributed by atoms with Gasteiger partial charge in [0.15, 0.2) is 0 Å². The Balaban J connectivity index is 1.89. The number of rotatable bonds is 7. The first-order valence-corrected chi connectivity index (χ1v) is 7.65. The molecule has 2 N–H and O–H groups in total. The van der Waals surface area contributed by atoms with Crippen LogP contribution in [0.5, 0.6) is 5.75 Å². The van der Waals surface area contributed by atoms with Gasteiger partial charge in [-0.15, -0.1) is 0 Å². The van der Waals surface area contributed by atoms with Gasteiger partial charge in [0.1, 0.15) is 18.2 Å². The standard InChI is InChI=1S/C18H21FN2O3/c1-21(13-14-6-8-16(19)9-7-14)18(23)20-12-15-4-2-3-5-17(15)24-11-10-22/h2-9,22H,10-13H2,1H3,(H,20,23). The van der Waals surface area contributed by atoms with E-state index in [1.165, 1.54) is 17.0 Å². The minimum Gasteiger partial charge on any atom is -0.491 e. The Hall–Kier alpha value is -2.60. The normalized spacial score (nSPS) is 10.3. The molecule has 0 saturated heterocycles. The number of hydrogen-bond donors (Lipinski definition) is 2. The second-order valence-corrected chi connectivity index (χ2v) is 5.32. The minimum absolute atomic E-state index is 0.0684. The Bertz CT molecular complexity index is 662. The fraction of sp³-hybridized carbons (Fsp3) is 0.278. The van der Waals surface area contributed by atoms with Gasteiger partial charge in [0.05, 0.1) is 6.61 Å². The van der Waals surface area contributed by atoms with Gasteiger partial charge in [-0.2, -0.15) is 0 Å². The number of aliphatic hydroxyl groups is 1. The summed E-state index contributed by atoms with van der Waals surface area (Å²) in [5.41, 5.74) is 1.68. The molecule has 0 saturated carbocycles. The summed E-state index contributed by atoms with van der Waals surface area (Å²) in [6, 6.07) is 13.1. The highest BCUT2D eigenvalue weighted by Gasteiger charge is 2.10. The SMILES string of the molecule is CN(Cc1ccc(F)cc1)C(=O)NCc1ccccc1OCCO. The van der Waals surface area contributed by atoms with E-state index in [-0.39, 0.29) is 25.1 Å². The average molecular weight is 332 g/mol. The van der Waals surface area contributed by atoms with Crippen LogP contribution in [-0.2, 0) is 13.1 Å². The zero-order valence-corrected chi connectivity index (χ0v) is 13.5. The molecule has 0 heterocycles. The number of hydrogen-bond acceptors (Lipinski definition) is 3. The van der Waals surface area contributed by atoms with Crippen molar-refractivity contribution < 1.29 is 19.0 Å². The molecule has 0 spiro atoms. The molecule has 0 radical (unpaired) electrons. The Kier molecular flexibility index (Phi) is 6.57. The largest absolute Gasteiger partial charge is 0.491 e. The van der Waals surface area contributed by atoms with E-state index in [1.807, 2.05) is 18.2 Å². The maximum atomic E-state index is 12.9. The lowest BCUT2D eigenvalue weighted by Crippen LogP contribution is -2.36. The van der Waals surface area contributed by atoms with Gasteiger partial charge in [-0.3, -0.25) is 0 Å². The van der Waals surface area contributed by atoms with Crippen LogP contribution in [0.15, 0.2) is 48.5 Å². The van der Waals surface area contributed by atoms with Crippen molar-refractivity contribution in [1.82, 2.24) is 10.2 Å². The highest BCUT2D eigenvalue weighted by molar-refractivity contribution is 5.73. The maximum absolute atomic E-state index is 12.9. The van der Waals surface area contributed by atoms with Crippen LogP contribution in [0.25, 0.3) is 0 Å². The smallest absolute Gasteiger partial charge is 0.317 e. The van der Waals surface area contributed by atoms with Crippen molar-refractivity contribution >= 4 is 6.03 Å². The number of carbonyl (C=O) groups is 1. The van der Waals surface area contributed by atoms with Gasteiger partial charge in [-0.05, 0) is 23.8 Å². The zero-order chi connectivity index (χ0) is 17.4. The summed E-state index contributed by atoms with van der Waals surface area (Å²) in [7, 11) is 1.67. The fourth-order valence-electron chi connectivity index (χ4n) is 2.19. The Morgan fingerprint density at radius 2 is 1.92 bits per heavy atom. The Labute approximate surface area is 140 Å². The third-order valence-electron chi connectivity index (χ3n) is 3.43. The lowest BCUT2D eigenvalue weighted by atomic mass is 10.2. The fourth-order valence-corrected chi connectivity index (χ4v) is 2.19. The van der Waals surface area contributed by atoms with E-state index in [9.17, 15) is 9.18 Å². The lowest BCUT2D eigenvalue weighted by Gasteiger charge is -2.19. The molecule has 2 aromatic carbocycles. The first-order valence-electron chi connectivity index (χ1n) is 7.65. The monoisotopic (exact) mass is 332 g/mol. The molecule has 0 atom stereocenters. The molecular formula is C18H21FN2O3. The molecule has 0 bridgehead atoms. The van der Waals surface area contributed by atoms with Crippen LogP contribution in [0.1, 0.15) is 11.1 Å². The van der Waals surface area contributed by atoms with Gasteiger partial charge in [0.25, 0.3) is 0 Å². The number of nitrogens with one attached hydrogen (secondary N) is 1. The van der Waals surface area contributed by atoms with Crippen molar-refractivity contribution in [1.29, 1.82) is 0 Å². The molecule has 0 unspecified atom stereocenters. The first kappa shape index (κ1) is 17.7. The summed E-state index contributed by atoms with van der Waals surface area (Å²) in [6.07, 6.45) is 0. The molecule has 0 aliphatic rings. The topological polar surface area (TPSA) is 61.8 Å². The summed E-state index contributed by atoms with van der Waals surface area (Å²) in [5.74, 6) is 0.332. The molecule has 0 aliphatic carbocycles.